The third-order valence-corrected chi connectivity index (χ3v) is 3.80. The van der Waals surface area contributed by atoms with Crippen molar-refractivity contribution in [3.63, 3.8) is 0 Å². The summed E-state index contributed by atoms with van der Waals surface area (Å²) in [5.74, 6) is 2.62. The average molecular weight is 225 g/mol. The Balaban J connectivity index is 4.84. The summed E-state index contributed by atoms with van der Waals surface area (Å²) in [5, 5.41) is 10.4. The second-order valence-corrected chi connectivity index (χ2v) is 4.24. The van der Waals surface area contributed by atoms with E-state index in [1.165, 1.54) is 0 Å². The molecule has 0 fully saturated rings. The summed E-state index contributed by atoms with van der Waals surface area (Å²) >= 11 is 0. The van der Waals surface area contributed by atoms with Gasteiger partial charge in [-0.1, -0.05) is 27.7 Å². The Hall–Kier alpha value is -0.520. The zero-order chi connectivity index (χ0) is 12.6. The van der Waals surface area contributed by atoms with Crippen LogP contribution in [0.5, 0.6) is 0 Å². The maximum absolute atomic E-state index is 10.4. The molecule has 0 aromatic carbocycles. The SMILES string of the molecule is C#CCCC(O)C(CC)(CC)N(CC)CC. The van der Waals surface area contributed by atoms with Crippen molar-refractivity contribution in [2.75, 3.05) is 13.1 Å². The van der Waals surface area contributed by atoms with Crippen LogP contribution in [-0.2, 0) is 0 Å². The molecule has 0 amide bonds. The molecule has 0 aliphatic carbocycles. The van der Waals surface area contributed by atoms with Gasteiger partial charge in [-0.15, -0.1) is 12.3 Å². The number of terminal acetylenes is 1. The van der Waals surface area contributed by atoms with Crippen LogP contribution in [0.3, 0.4) is 0 Å². The van der Waals surface area contributed by atoms with E-state index in [1.54, 1.807) is 0 Å². The van der Waals surface area contributed by atoms with Crippen molar-refractivity contribution >= 4 is 0 Å². The topological polar surface area (TPSA) is 23.5 Å². The summed E-state index contributed by atoms with van der Waals surface area (Å²) in [6, 6.07) is 0. The number of hydrogen-bond donors (Lipinski definition) is 1. The predicted molar refractivity (Wildman–Crippen MR) is 70.3 cm³/mol. The van der Waals surface area contributed by atoms with Gasteiger partial charge in [0.1, 0.15) is 0 Å². The van der Waals surface area contributed by atoms with E-state index >= 15 is 0 Å². The predicted octanol–water partition coefficient (Wildman–Crippen LogP) is 2.66. The molecule has 94 valence electrons. The number of hydrogen-bond acceptors (Lipinski definition) is 2. The van der Waals surface area contributed by atoms with Gasteiger partial charge in [-0.2, -0.15) is 0 Å². The molecule has 0 heterocycles. The monoisotopic (exact) mass is 225 g/mol. The van der Waals surface area contributed by atoms with Gasteiger partial charge in [-0.05, 0) is 32.4 Å². The van der Waals surface area contributed by atoms with Crippen molar-refractivity contribution in [2.24, 2.45) is 0 Å². The van der Waals surface area contributed by atoms with Crippen LogP contribution in [0.15, 0.2) is 0 Å². The number of nitrogens with zero attached hydrogens (tertiary/aromatic N) is 1. The van der Waals surface area contributed by atoms with E-state index in [1.807, 2.05) is 0 Å². The minimum absolute atomic E-state index is 0.0969. The van der Waals surface area contributed by atoms with E-state index in [9.17, 15) is 5.11 Å². The smallest absolute Gasteiger partial charge is 0.0732 e. The molecule has 2 nitrogen and oxygen atoms in total. The minimum atomic E-state index is -0.321. The third kappa shape index (κ3) is 3.23. The van der Waals surface area contributed by atoms with Gasteiger partial charge in [-0.25, -0.2) is 0 Å². The summed E-state index contributed by atoms with van der Waals surface area (Å²) in [6.45, 7) is 10.6. The van der Waals surface area contributed by atoms with Crippen LogP contribution in [0.4, 0.5) is 0 Å². The van der Waals surface area contributed by atoms with Crippen LogP contribution < -0.4 is 0 Å². The Morgan fingerprint density at radius 1 is 1.19 bits per heavy atom. The van der Waals surface area contributed by atoms with Crippen molar-refractivity contribution in [1.29, 1.82) is 0 Å². The van der Waals surface area contributed by atoms with E-state index in [4.69, 9.17) is 6.42 Å². The lowest BCUT2D eigenvalue weighted by atomic mass is 9.82. The van der Waals surface area contributed by atoms with Crippen LogP contribution >= 0.6 is 0 Å². The molecule has 0 aromatic rings. The molecule has 16 heavy (non-hydrogen) atoms. The molecule has 0 rings (SSSR count). The second-order valence-electron chi connectivity index (χ2n) is 4.24. The van der Waals surface area contributed by atoms with Crippen LogP contribution in [-0.4, -0.2) is 34.7 Å². The van der Waals surface area contributed by atoms with Crippen molar-refractivity contribution in [3.05, 3.63) is 0 Å². The van der Waals surface area contributed by atoms with Crippen molar-refractivity contribution in [1.82, 2.24) is 4.90 Å². The maximum atomic E-state index is 10.4. The van der Waals surface area contributed by atoms with Gasteiger partial charge in [0, 0.05) is 12.0 Å². The Morgan fingerprint density at radius 2 is 1.69 bits per heavy atom. The van der Waals surface area contributed by atoms with Crippen LogP contribution in [0.2, 0.25) is 0 Å². The summed E-state index contributed by atoms with van der Waals surface area (Å²) in [6.07, 6.45) is 8.25. The normalized spacial score (nSPS) is 13.8. The number of likely N-dealkylation sites (N-methyl/N-ethyl adjacent to an activating group) is 1. The van der Waals surface area contributed by atoms with E-state index in [0.29, 0.717) is 12.8 Å². The Bertz CT molecular complexity index is 211. The fraction of sp³-hybridized carbons (Fsp3) is 0.857. The molecule has 2 heteroatoms. The standard InChI is InChI=1S/C14H27NO/c1-6-11-12-13(16)14(7-2,8-3)15(9-4)10-5/h1,13,16H,7-12H2,2-5H3. The van der Waals surface area contributed by atoms with Gasteiger partial charge in [-0.3, -0.25) is 4.90 Å². The molecular weight excluding hydrogens is 198 g/mol. The number of aliphatic hydroxyl groups is 1. The van der Waals surface area contributed by atoms with Gasteiger partial charge in [0.15, 0.2) is 0 Å². The highest BCUT2D eigenvalue weighted by Crippen LogP contribution is 2.30. The first-order valence-electron chi connectivity index (χ1n) is 6.49. The van der Waals surface area contributed by atoms with Crippen LogP contribution in [0.1, 0.15) is 53.4 Å². The average Bonchev–Trinajstić information content (AvgIpc) is 2.33. The lowest BCUT2D eigenvalue weighted by Crippen LogP contribution is -2.56. The van der Waals surface area contributed by atoms with E-state index in [-0.39, 0.29) is 11.6 Å². The van der Waals surface area contributed by atoms with Crippen LogP contribution in [0.25, 0.3) is 0 Å². The van der Waals surface area contributed by atoms with E-state index in [2.05, 4.69) is 38.5 Å². The van der Waals surface area contributed by atoms with E-state index in [0.717, 1.165) is 25.9 Å². The zero-order valence-electron chi connectivity index (χ0n) is 11.3. The van der Waals surface area contributed by atoms with Gasteiger partial charge < -0.3 is 5.11 Å². The highest BCUT2D eigenvalue weighted by Gasteiger charge is 2.38. The lowest BCUT2D eigenvalue weighted by Gasteiger charge is -2.45. The molecule has 0 aliphatic rings. The molecule has 0 saturated heterocycles. The molecule has 0 bridgehead atoms. The van der Waals surface area contributed by atoms with E-state index < -0.39 is 0 Å². The summed E-state index contributed by atoms with van der Waals surface area (Å²) < 4.78 is 0. The molecule has 0 aliphatic heterocycles. The molecule has 0 spiro atoms. The fourth-order valence-electron chi connectivity index (χ4n) is 2.72. The lowest BCUT2D eigenvalue weighted by molar-refractivity contribution is -0.0376. The molecule has 1 unspecified atom stereocenters. The molecule has 1 N–H and O–H groups in total. The largest absolute Gasteiger partial charge is 0.391 e. The summed E-state index contributed by atoms with van der Waals surface area (Å²) in [4.78, 5) is 2.37. The maximum Gasteiger partial charge on any atom is 0.0732 e. The van der Waals surface area contributed by atoms with Gasteiger partial charge in [0.05, 0.1) is 6.10 Å². The molecule has 0 aromatic heterocycles. The highest BCUT2D eigenvalue weighted by atomic mass is 16.3. The van der Waals surface area contributed by atoms with Gasteiger partial charge in [0.2, 0.25) is 0 Å². The first kappa shape index (κ1) is 15.5. The van der Waals surface area contributed by atoms with Crippen molar-refractivity contribution in [2.45, 2.75) is 65.0 Å². The quantitative estimate of drug-likeness (QED) is 0.642. The number of rotatable bonds is 8. The summed E-state index contributed by atoms with van der Waals surface area (Å²) in [5.41, 5.74) is -0.0969. The van der Waals surface area contributed by atoms with Crippen molar-refractivity contribution < 1.29 is 5.11 Å². The Labute approximate surface area is 101 Å². The molecule has 0 radical (unpaired) electrons. The molecular formula is C14H27NO. The molecule has 0 saturated carbocycles. The van der Waals surface area contributed by atoms with Gasteiger partial charge in [0.25, 0.3) is 0 Å². The van der Waals surface area contributed by atoms with Gasteiger partial charge >= 0.3 is 0 Å². The first-order chi connectivity index (χ1) is 7.62. The fourth-order valence-corrected chi connectivity index (χ4v) is 2.72. The minimum Gasteiger partial charge on any atom is -0.391 e. The Kier molecular flexibility index (Phi) is 7.45. The first-order valence-corrected chi connectivity index (χ1v) is 6.49. The highest BCUT2D eigenvalue weighted by molar-refractivity contribution is 4.96. The van der Waals surface area contributed by atoms with Crippen molar-refractivity contribution in [3.8, 4) is 12.3 Å². The third-order valence-electron chi connectivity index (χ3n) is 3.80. The number of aliphatic hydroxyl groups excluding tert-OH is 1. The Morgan fingerprint density at radius 3 is 2.00 bits per heavy atom. The second kappa shape index (κ2) is 7.70. The molecule has 1 atom stereocenters. The zero-order valence-corrected chi connectivity index (χ0v) is 11.3. The summed E-state index contributed by atoms with van der Waals surface area (Å²) in [7, 11) is 0. The van der Waals surface area contributed by atoms with Crippen LogP contribution in [0, 0.1) is 12.3 Å².